The molecule has 94 valence electrons. The van der Waals surface area contributed by atoms with Gasteiger partial charge in [-0.2, -0.15) is 0 Å². The van der Waals surface area contributed by atoms with Gasteiger partial charge in [0, 0.05) is 5.02 Å². The van der Waals surface area contributed by atoms with E-state index in [1.807, 2.05) is 43.3 Å². The van der Waals surface area contributed by atoms with Crippen LogP contribution in [0.5, 0.6) is 0 Å². The van der Waals surface area contributed by atoms with Gasteiger partial charge in [-0.05, 0) is 48.6 Å². The molecular formula is C16H17ClO. The summed E-state index contributed by atoms with van der Waals surface area (Å²) >= 11 is 5.91. The zero-order valence-corrected chi connectivity index (χ0v) is 11.2. The smallest absolute Gasteiger partial charge is 0.0795 e. The highest BCUT2D eigenvalue weighted by atomic mass is 35.5. The number of aryl methyl sites for hydroxylation is 2. The van der Waals surface area contributed by atoms with Gasteiger partial charge in [0.25, 0.3) is 0 Å². The maximum absolute atomic E-state index is 10.2. The fourth-order valence-electron chi connectivity index (χ4n) is 2.12. The van der Waals surface area contributed by atoms with Crippen LogP contribution < -0.4 is 0 Å². The number of aliphatic hydroxyl groups excluding tert-OH is 1. The van der Waals surface area contributed by atoms with E-state index in [0.29, 0.717) is 5.02 Å². The number of rotatable bonds is 4. The van der Waals surface area contributed by atoms with Crippen molar-refractivity contribution in [2.45, 2.75) is 25.9 Å². The molecule has 0 saturated heterocycles. The lowest BCUT2D eigenvalue weighted by atomic mass is 9.98. The van der Waals surface area contributed by atoms with Gasteiger partial charge in [0.15, 0.2) is 0 Å². The van der Waals surface area contributed by atoms with Crippen molar-refractivity contribution in [2.75, 3.05) is 0 Å². The van der Waals surface area contributed by atoms with Crippen LogP contribution in [0.25, 0.3) is 0 Å². The van der Waals surface area contributed by atoms with Gasteiger partial charge in [-0.25, -0.2) is 0 Å². The average molecular weight is 261 g/mol. The van der Waals surface area contributed by atoms with Gasteiger partial charge >= 0.3 is 0 Å². The number of hydrogen-bond acceptors (Lipinski definition) is 1. The molecule has 2 heteroatoms. The Bertz CT molecular complexity index is 508. The normalized spacial score (nSPS) is 12.4. The van der Waals surface area contributed by atoms with Crippen molar-refractivity contribution >= 4 is 11.6 Å². The molecule has 0 bridgehead atoms. The molecular weight excluding hydrogens is 244 g/mol. The van der Waals surface area contributed by atoms with E-state index in [0.717, 1.165) is 24.0 Å². The summed E-state index contributed by atoms with van der Waals surface area (Å²) in [5.41, 5.74) is 3.27. The Kier molecular flexibility index (Phi) is 4.40. The summed E-state index contributed by atoms with van der Waals surface area (Å²) in [5, 5.41) is 10.9. The Labute approximate surface area is 113 Å². The Morgan fingerprint density at radius 2 is 1.83 bits per heavy atom. The van der Waals surface area contributed by atoms with Crippen LogP contribution in [0.4, 0.5) is 0 Å². The molecule has 2 aromatic rings. The Morgan fingerprint density at radius 3 is 2.50 bits per heavy atom. The summed E-state index contributed by atoms with van der Waals surface area (Å²) < 4.78 is 0. The highest BCUT2D eigenvalue weighted by molar-refractivity contribution is 6.30. The average Bonchev–Trinajstić information content (AvgIpc) is 2.37. The summed E-state index contributed by atoms with van der Waals surface area (Å²) in [6, 6.07) is 15.8. The first-order valence-electron chi connectivity index (χ1n) is 6.15. The predicted octanol–water partition coefficient (Wildman–Crippen LogP) is 4.31. The molecule has 0 spiro atoms. The molecule has 0 heterocycles. The van der Waals surface area contributed by atoms with Gasteiger partial charge in [0.1, 0.15) is 0 Å². The minimum absolute atomic E-state index is 0.428. The third-order valence-electron chi connectivity index (χ3n) is 3.14. The summed E-state index contributed by atoms with van der Waals surface area (Å²) in [6.07, 6.45) is 1.18. The van der Waals surface area contributed by atoms with Crippen molar-refractivity contribution in [2.24, 2.45) is 0 Å². The van der Waals surface area contributed by atoms with Gasteiger partial charge < -0.3 is 5.11 Å². The second-order valence-electron chi connectivity index (χ2n) is 4.54. The van der Waals surface area contributed by atoms with Crippen molar-refractivity contribution in [3.8, 4) is 0 Å². The van der Waals surface area contributed by atoms with E-state index in [4.69, 9.17) is 11.6 Å². The first-order valence-corrected chi connectivity index (χ1v) is 6.52. The molecule has 18 heavy (non-hydrogen) atoms. The Morgan fingerprint density at radius 1 is 1.11 bits per heavy atom. The first kappa shape index (κ1) is 13.1. The molecule has 0 aliphatic heterocycles. The van der Waals surface area contributed by atoms with Gasteiger partial charge in [0.05, 0.1) is 6.10 Å². The van der Waals surface area contributed by atoms with Gasteiger partial charge in [-0.3, -0.25) is 0 Å². The summed E-state index contributed by atoms with van der Waals surface area (Å²) in [7, 11) is 0. The van der Waals surface area contributed by atoms with Crippen molar-refractivity contribution in [1.29, 1.82) is 0 Å². The zero-order chi connectivity index (χ0) is 13.0. The monoisotopic (exact) mass is 260 g/mol. The molecule has 1 nitrogen and oxygen atoms in total. The van der Waals surface area contributed by atoms with Crippen LogP contribution in [0.15, 0.2) is 48.5 Å². The SMILES string of the molecule is Cc1cc(Cl)ccc1C(O)CCc1ccccc1. The molecule has 2 rings (SSSR count). The standard InChI is InChI=1S/C16H17ClO/c1-12-11-14(17)8-9-15(12)16(18)10-7-13-5-3-2-4-6-13/h2-6,8-9,11,16,18H,7,10H2,1H3. The Hall–Kier alpha value is -1.31. The third kappa shape index (κ3) is 3.34. The summed E-state index contributed by atoms with van der Waals surface area (Å²) in [6.45, 7) is 1.98. The summed E-state index contributed by atoms with van der Waals surface area (Å²) in [5.74, 6) is 0. The van der Waals surface area contributed by atoms with Crippen molar-refractivity contribution in [3.63, 3.8) is 0 Å². The topological polar surface area (TPSA) is 20.2 Å². The quantitative estimate of drug-likeness (QED) is 0.868. The van der Waals surface area contributed by atoms with Crippen LogP contribution >= 0.6 is 11.6 Å². The molecule has 2 aromatic carbocycles. The third-order valence-corrected chi connectivity index (χ3v) is 3.38. The van der Waals surface area contributed by atoms with Crippen molar-refractivity contribution < 1.29 is 5.11 Å². The fraction of sp³-hybridized carbons (Fsp3) is 0.250. The van der Waals surface area contributed by atoms with E-state index < -0.39 is 6.10 Å². The minimum Gasteiger partial charge on any atom is -0.388 e. The lowest BCUT2D eigenvalue weighted by molar-refractivity contribution is 0.167. The van der Waals surface area contributed by atoms with Crippen LogP contribution in [0.1, 0.15) is 29.2 Å². The highest BCUT2D eigenvalue weighted by Crippen LogP contribution is 2.24. The van der Waals surface area contributed by atoms with E-state index in [9.17, 15) is 5.11 Å². The van der Waals surface area contributed by atoms with E-state index in [1.54, 1.807) is 0 Å². The molecule has 0 saturated carbocycles. The fourth-order valence-corrected chi connectivity index (χ4v) is 2.34. The molecule has 0 aliphatic carbocycles. The van der Waals surface area contributed by atoms with E-state index >= 15 is 0 Å². The van der Waals surface area contributed by atoms with Crippen LogP contribution in [0.3, 0.4) is 0 Å². The Balaban J connectivity index is 2.01. The molecule has 0 amide bonds. The number of hydrogen-bond donors (Lipinski definition) is 1. The molecule has 0 radical (unpaired) electrons. The maximum atomic E-state index is 10.2. The van der Waals surface area contributed by atoms with E-state index in [-0.39, 0.29) is 0 Å². The predicted molar refractivity (Wildman–Crippen MR) is 75.9 cm³/mol. The number of aliphatic hydroxyl groups is 1. The highest BCUT2D eigenvalue weighted by Gasteiger charge is 2.10. The summed E-state index contributed by atoms with van der Waals surface area (Å²) in [4.78, 5) is 0. The van der Waals surface area contributed by atoms with Gasteiger partial charge in [-0.1, -0.05) is 48.0 Å². The first-order chi connectivity index (χ1) is 8.66. The van der Waals surface area contributed by atoms with Crippen LogP contribution in [-0.4, -0.2) is 5.11 Å². The lowest BCUT2D eigenvalue weighted by Crippen LogP contribution is -2.01. The van der Waals surface area contributed by atoms with E-state index in [2.05, 4.69) is 12.1 Å². The van der Waals surface area contributed by atoms with Crippen LogP contribution in [-0.2, 0) is 6.42 Å². The van der Waals surface area contributed by atoms with Crippen molar-refractivity contribution in [3.05, 3.63) is 70.2 Å². The molecule has 0 fully saturated rings. The molecule has 1 atom stereocenters. The van der Waals surface area contributed by atoms with Crippen molar-refractivity contribution in [1.82, 2.24) is 0 Å². The van der Waals surface area contributed by atoms with Gasteiger partial charge in [0.2, 0.25) is 0 Å². The number of benzene rings is 2. The molecule has 1 N–H and O–H groups in total. The zero-order valence-electron chi connectivity index (χ0n) is 10.4. The molecule has 0 aromatic heterocycles. The molecule has 0 aliphatic rings. The number of halogens is 1. The second kappa shape index (κ2) is 6.03. The van der Waals surface area contributed by atoms with Crippen LogP contribution in [0, 0.1) is 6.92 Å². The largest absolute Gasteiger partial charge is 0.388 e. The second-order valence-corrected chi connectivity index (χ2v) is 4.98. The van der Waals surface area contributed by atoms with Crippen LogP contribution in [0.2, 0.25) is 5.02 Å². The minimum atomic E-state index is -0.428. The van der Waals surface area contributed by atoms with E-state index in [1.165, 1.54) is 5.56 Å². The molecule has 1 unspecified atom stereocenters. The maximum Gasteiger partial charge on any atom is 0.0795 e. The van der Waals surface area contributed by atoms with Gasteiger partial charge in [-0.15, -0.1) is 0 Å². The lowest BCUT2D eigenvalue weighted by Gasteiger charge is -2.14.